The predicted octanol–water partition coefficient (Wildman–Crippen LogP) is 3.83. The van der Waals surface area contributed by atoms with E-state index in [-0.39, 0.29) is 24.0 Å². The van der Waals surface area contributed by atoms with Gasteiger partial charge in [0.1, 0.15) is 5.82 Å². The van der Waals surface area contributed by atoms with Crippen LogP contribution in [0.5, 0.6) is 0 Å². The molecule has 1 fully saturated rings. The first-order valence-corrected chi connectivity index (χ1v) is 11.4. The lowest BCUT2D eigenvalue weighted by Gasteiger charge is -2.22. The van der Waals surface area contributed by atoms with Crippen molar-refractivity contribution in [3.63, 3.8) is 0 Å². The minimum atomic E-state index is -0.267. The molecule has 1 saturated heterocycles. The number of H-pyrrole nitrogens is 1. The second kappa shape index (κ2) is 10.0. The third-order valence-electron chi connectivity index (χ3n) is 5.58. The molecule has 8 nitrogen and oxygen atoms in total. The Balaban J connectivity index is 1.45. The van der Waals surface area contributed by atoms with Gasteiger partial charge in [-0.25, -0.2) is 9.78 Å². The Kier molecular flexibility index (Phi) is 6.93. The minimum absolute atomic E-state index is 0.128. The molecule has 2 heterocycles. The van der Waals surface area contributed by atoms with Gasteiger partial charge in [0.2, 0.25) is 5.91 Å². The number of benzene rings is 2. The molecule has 0 radical (unpaired) electrons. The van der Waals surface area contributed by atoms with Gasteiger partial charge in [-0.1, -0.05) is 30.7 Å². The Labute approximate surface area is 196 Å². The van der Waals surface area contributed by atoms with Crippen molar-refractivity contribution in [2.24, 2.45) is 0 Å². The number of nitrogens with zero attached hydrogens (tertiary/aromatic N) is 3. The number of carbonyl (C=O) groups is 2. The maximum absolute atomic E-state index is 12.9. The van der Waals surface area contributed by atoms with E-state index in [1.54, 1.807) is 28.0 Å². The minimum Gasteiger partial charge on any atom is -0.334 e. The van der Waals surface area contributed by atoms with Crippen molar-refractivity contribution in [2.45, 2.75) is 39.3 Å². The van der Waals surface area contributed by atoms with Crippen molar-refractivity contribution in [1.29, 1.82) is 0 Å². The fourth-order valence-electron chi connectivity index (χ4n) is 3.98. The van der Waals surface area contributed by atoms with Crippen LogP contribution in [0.15, 0.2) is 47.3 Å². The van der Waals surface area contributed by atoms with Crippen LogP contribution in [0.3, 0.4) is 0 Å². The van der Waals surface area contributed by atoms with Crippen LogP contribution in [0.4, 0.5) is 10.5 Å². The van der Waals surface area contributed by atoms with Gasteiger partial charge in [-0.3, -0.25) is 9.59 Å². The molecule has 2 N–H and O–H groups in total. The van der Waals surface area contributed by atoms with E-state index >= 15 is 0 Å². The molecule has 9 heteroatoms. The monoisotopic (exact) mass is 467 g/mol. The van der Waals surface area contributed by atoms with Gasteiger partial charge < -0.3 is 20.1 Å². The molecule has 172 valence electrons. The molecule has 3 aromatic rings. The molecule has 3 amide bonds. The molecule has 0 atom stereocenters. The van der Waals surface area contributed by atoms with Crippen LogP contribution in [0.2, 0.25) is 5.02 Å². The summed E-state index contributed by atoms with van der Waals surface area (Å²) in [6.07, 6.45) is 2.19. The highest BCUT2D eigenvalue weighted by atomic mass is 35.5. The summed E-state index contributed by atoms with van der Waals surface area (Å²) in [5, 5.41) is 3.88. The molecule has 4 rings (SSSR count). The van der Waals surface area contributed by atoms with Crippen LogP contribution in [0, 0.1) is 0 Å². The second-order valence-corrected chi connectivity index (χ2v) is 8.51. The van der Waals surface area contributed by atoms with Gasteiger partial charge in [-0.15, -0.1) is 0 Å². The number of aromatic nitrogens is 2. The third-order valence-corrected chi connectivity index (χ3v) is 5.81. The van der Waals surface area contributed by atoms with Crippen molar-refractivity contribution >= 4 is 40.1 Å². The Morgan fingerprint density at radius 3 is 2.85 bits per heavy atom. The molecule has 1 aliphatic rings. The molecule has 1 aliphatic heterocycles. The number of carbonyl (C=O) groups excluding carboxylic acids is 2. The first kappa shape index (κ1) is 22.8. The Hall–Kier alpha value is -3.39. The van der Waals surface area contributed by atoms with Gasteiger partial charge >= 0.3 is 6.03 Å². The highest BCUT2D eigenvalue weighted by Crippen LogP contribution is 2.22. The summed E-state index contributed by atoms with van der Waals surface area (Å²) >= 11 is 6.04. The normalized spacial score (nSPS) is 13.5. The number of urea groups is 1. The lowest BCUT2D eigenvalue weighted by Crippen LogP contribution is -2.40. The van der Waals surface area contributed by atoms with Gasteiger partial charge in [0.25, 0.3) is 5.56 Å². The van der Waals surface area contributed by atoms with Gasteiger partial charge in [-0.2, -0.15) is 0 Å². The van der Waals surface area contributed by atoms with E-state index in [0.29, 0.717) is 41.3 Å². The van der Waals surface area contributed by atoms with Crippen LogP contribution in [-0.2, 0) is 17.9 Å². The van der Waals surface area contributed by atoms with Crippen molar-refractivity contribution in [3.8, 4) is 0 Å². The molecule has 0 spiro atoms. The number of rotatable bonds is 7. The van der Waals surface area contributed by atoms with Gasteiger partial charge in [0.05, 0.1) is 17.4 Å². The van der Waals surface area contributed by atoms with Crippen molar-refractivity contribution in [3.05, 3.63) is 69.2 Å². The molecule has 0 unspecified atom stereocenters. The fraction of sp³-hybridized carbons (Fsp3) is 0.333. The number of halogens is 1. The molecule has 0 aliphatic carbocycles. The first-order chi connectivity index (χ1) is 15.9. The van der Waals surface area contributed by atoms with Gasteiger partial charge in [0, 0.05) is 36.8 Å². The van der Waals surface area contributed by atoms with Crippen molar-refractivity contribution in [2.75, 3.05) is 18.0 Å². The van der Waals surface area contributed by atoms with E-state index < -0.39 is 0 Å². The standard InChI is InChI=1S/C24H26ClN5O3/c1-2-10-29(15-21-27-20-13-17(25)8-9-19(20)23(32)28-21)24(33)26-14-16-5-3-6-18(12-16)30-11-4-7-22(30)31/h3,5-6,8-9,12-13H,2,4,7,10-11,14-15H2,1H3,(H,26,33)(H,27,28,32). The van der Waals surface area contributed by atoms with E-state index in [1.165, 1.54) is 0 Å². The maximum atomic E-state index is 12.9. The summed E-state index contributed by atoms with van der Waals surface area (Å²) in [6, 6.07) is 12.3. The zero-order valence-electron chi connectivity index (χ0n) is 18.4. The zero-order chi connectivity index (χ0) is 23.4. The van der Waals surface area contributed by atoms with E-state index in [9.17, 15) is 14.4 Å². The molecular weight excluding hydrogens is 442 g/mol. The number of hydrogen-bond acceptors (Lipinski definition) is 4. The number of hydrogen-bond donors (Lipinski definition) is 2. The summed E-state index contributed by atoms with van der Waals surface area (Å²) in [5.41, 5.74) is 1.98. The van der Waals surface area contributed by atoms with Crippen LogP contribution in [-0.4, -0.2) is 39.9 Å². The molecule has 33 heavy (non-hydrogen) atoms. The number of anilines is 1. The Morgan fingerprint density at radius 1 is 1.24 bits per heavy atom. The SMILES string of the molecule is CCCN(Cc1nc2cc(Cl)ccc2c(=O)[nH]1)C(=O)NCc1cccc(N2CCCC2=O)c1. The molecular formula is C24H26ClN5O3. The topological polar surface area (TPSA) is 98.4 Å². The van der Waals surface area contributed by atoms with Gasteiger partial charge in [0.15, 0.2) is 0 Å². The van der Waals surface area contributed by atoms with E-state index in [1.807, 2.05) is 31.2 Å². The summed E-state index contributed by atoms with van der Waals surface area (Å²) in [5.74, 6) is 0.524. The quantitative estimate of drug-likeness (QED) is 0.551. The van der Waals surface area contributed by atoms with Crippen molar-refractivity contribution in [1.82, 2.24) is 20.2 Å². The number of aromatic amines is 1. The first-order valence-electron chi connectivity index (χ1n) is 11.0. The molecule has 1 aromatic heterocycles. The molecule has 2 aromatic carbocycles. The van der Waals surface area contributed by atoms with Crippen LogP contribution in [0.1, 0.15) is 37.6 Å². The summed E-state index contributed by atoms with van der Waals surface area (Å²) in [4.78, 5) is 48.0. The maximum Gasteiger partial charge on any atom is 0.318 e. The third kappa shape index (κ3) is 5.34. The van der Waals surface area contributed by atoms with E-state index in [4.69, 9.17) is 11.6 Å². The lowest BCUT2D eigenvalue weighted by molar-refractivity contribution is -0.117. The molecule has 0 saturated carbocycles. The predicted molar refractivity (Wildman–Crippen MR) is 128 cm³/mol. The lowest BCUT2D eigenvalue weighted by atomic mass is 10.2. The summed E-state index contributed by atoms with van der Waals surface area (Å²) in [7, 11) is 0. The fourth-order valence-corrected chi connectivity index (χ4v) is 4.15. The van der Waals surface area contributed by atoms with Crippen LogP contribution in [0.25, 0.3) is 10.9 Å². The van der Waals surface area contributed by atoms with E-state index in [0.717, 1.165) is 30.6 Å². The zero-order valence-corrected chi connectivity index (χ0v) is 19.2. The van der Waals surface area contributed by atoms with Crippen molar-refractivity contribution < 1.29 is 9.59 Å². The highest BCUT2D eigenvalue weighted by Gasteiger charge is 2.22. The second-order valence-electron chi connectivity index (χ2n) is 8.07. The smallest absolute Gasteiger partial charge is 0.318 e. The number of amides is 3. The average Bonchev–Trinajstić information content (AvgIpc) is 3.23. The highest BCUT2D eigenvalue weighted by molar-refractivity contribution is 6.31. The number of fused-ring (bicyclic) bond motifs is 1. The molecule has 0 bridgehead atoms. The number of nitrogens with one attached hydrogen (secondary N) is 2. The van der Waals surface area contributed by atoms with Crippen LogP contribution >= 0.6 is 11.6 Å². The summed E-state index contributed by atoms with van der Waals surface area (Å²) < 4.78 is 0. The largest absolute Gasteiger partial charge is 0.334 e. The Bertz CT molecular complexity index is 1240. The van der Waals surface area contributed by atoms with Crippen LogP contribution < -0.4 is 15.8 Å². The summed E-state index contributed by atoms with van der Waals surface area (Å²) in [6.45, 7) is 3.70. The average molecular weight is 468 g/mol. The van der Waals surface area contributed by atoms with Gasteiger partial charge in [-0.05, 0) is 48.7 Å². The Morgan fingerprint density at radius 2 is 2.09 bits per heavy atom. The van der Waals surface area contributed by atoms with E-state index in [2.05, 4.69) is 15.3 Å².